The summed E-state index contributed by atoms with van der Waals surface area (Å²) < 4.78 is 38.1. The van der Waals surface area contributed by atoms with Crippen LogP contribution < -0.4 is 15.5 Å². The molecule has 1 heterocycles. The molecule has 3 aromatic rings. The summed E-state index contributed by atoms with van der Waals surface area (Å²) in [5, 5.41) is 8.01. The summed E-state index contributed by atoms with van der Waals surface area (Å²) in [5.41, 5.74) is 1.17. The molecule has 170 valence electrons. The number of nitrogens with zero attached hydrogens (tertiary/aromatic N) is 3. The fourth-order valence-electron chi connectivity index (χ4n) is 4.16. The van der Waals surface area contributed by atoms with Gasteiger partial charge in [-0.3, -0.25) is 0 Å². The smallest absolute Gasteiger partial charge is 0.362 e. The van der Waals surface area contributed by atoms with Gasteiger partial charge in [-0.15, -0.1) is 0 Å². The van der Waals surface area contributed by atoms with Crippen molar-refractivity contribution in [2.45, 2.75) is 50.5 Å². The summed E-state index contributed by atoms with van der Waals surface area (Å²) in [7, 11) is 3.96. The highest BCUT2D eigenvalue weighted by Crippen LogP contribution is 2.29. The number of halogens is 3. The van der Waals surface area contributed by atoms with Crippen molar-refractivity contribution in [1.82, 2.24) is 15.3 Å². The number of fused-ring (bicyclic) bond motifs is 1. The van der Waals surface area contributed by atoms with Gasteiger partial charge in [0.05, 0.1) is 11.1 Å². The van der Waals surface area contributed by atoms with Crippen molar-refractivity contribution in [3.63, 3.8) is 0 Å². The average Bonchev–Trinajstić information content (AvgIpc) is 2.77. The van der Waals surface area contributed by atoms with Crippen LogP contribution >= 0.6 is 0 Å². The second kappa shape index (κ2) is 9.32. The Morgan fingerprint density at radius 2 is 1.56 bits per heavy atom. The van der Waals surface area contributed by atoms with E-state index in [-0.39, 0.29) is 0 Å². The van der Waals surface area contributed by atoms with E-state index in [1.807, 2.05) is 43.3 Å². The topological polar surface area (TPSA) is 53.1 Å². The van der Waals surface area contributed by atoms with E-state index in [2.05, 4.69) is 15.6 Å². The molecule has 32 heavy (non-hydrogen) atoms. The van der Waals surface area contributed by atoms with Gasteiger partial charge in [0, 0.05) is 38.1 Å². The zero-order valence-electron chi connectivity index (χ0n) is 18.3. The van der Waals surface area contributed by atoms with E-state index >= 15 is 0 Å². The zero-order chi connectivity index (χ0) is 22.7. The van der Waals surface area contributed by atoms with Crippen molar-refractivity contribution in [2.24, 2.45) is 0 Å². The molecule has 1 aromatic heterocycles. The van der Waals surface area contributed by atoms with Crippen LogP contribution in [0.4, 0.5) is 24.9 Å². The monoisotopic (exact) mass is 443 g/mol. The molecule has 1 fully saturated rings. The largest absolute Gasteiger partial charge is 0.416 e. The first-order chi connectivity index (χ1) is 15.3. The van der Waals surface area contributed by atoms with Crippen LogP contribution in [0, 0.1) is 0 Å². The van der Waals surface area contributed by atoms with E-state index in [1.54, 1.807) is 12.1 Å². The van der Waals surface area contributed by atoms with Crippen molar-refractivity contribution < 1.29 is 13.2 Å². The molecule has 0 bridgehead atoms. The molecule has 0 spiro atoms. The molecule has 1 saturated carbocycles. The molecule has 0 aliphatic heterocycles. The lowest BCUT2D eigenvalue weighted by atomic mass is 9.91. The van der Waals surface area contributed by atoms with Crippen LogP contribution in [0.1, 0.15) is 36.8 Å². The Morgan fingerprint density at radius 3 is 2.22 bits per heavy atom. The maximum atomic E-state index is 12.7. The fraction of sp³-hybridized carbons (Fsp3) is 0.417. The van der Waals surface area contributed by atoms with Gasteiger partial charge in [0.2, 0.25) is 5.95 Å². The Hall–Kier alpha value is -2.87. The first-order valence-corrected chi connectivity index (χ1v) is 10.9. The Balaban J connectivity index is 1.31. The second-order valence-electron chi connectivity index (χ2n) is 8.55. The van der Waals surface area contributed by atoms with Crippen molar-refractivity contribution >= 4 is 22.7 Å². The number of hydrogen-bond donors (Lipinski definition) is 2. The van der Waals surface area contributed by atoms with E-state index < -0.39 is 11.7 Å². The van der Waals surface area contributed by atoms with E-state index in [1.165, 1.54) is 0 Å². The molecule has 0 radical (unpaired) electrons. The molecule has 2 aromatic carbocycles. The average molecular weight is 444 g/mol. The Kier molecular flexibility index (Phi) is 6.50. The SMILES string of the molecule is CN(C)c1nc(NC2CCC(NCc3ccc(C(F)(F)F)cc3)CC2)nc2ccccc12. The third-order valence-electron chi connectivity index (χ3n) is 5.94. The lowest BCUT2D eigenvalue weighted by molar-refractivity contribution is -0.137. The van der Waals surface area contributed by atoms with Gasteiger partial charge in [0.15, 0.2) is 0 Å². The fourth-order valence-corrected chi connectivity index (χ4v) is 4.16. The number of para-hydroxylation sites is 1. The van der Waals surface area contributed by atoms with Crippen molar-refractivity contribution in [1.29, 1.82) is 0 Å². The predicted molar refractivity (Wildman–Crippen MR) is 122 cm³/mol. The number of rotatable bonds is 6. The third-order valence-corrected chi connectivity index (χ3v) is 5.94. The number of hydrogen-bond acceptors (Lipinski definition) is 5. The molecular weight excluding hydrogens is 415 g/mol. The van der Waals surface area contributed by atoms with Gasteiger partial charge >= 0.3 is 6.18 Å². The van der Waals surface area contributed by atoms with Crippen LogP contribution in [0.3, 0.4) is 0 Å². The predicted octanol–water partition coefficient (Wildman–Crippen LogP) is 5.23. The van der Waals surface area contributed by atoms with Crippen LogP contribution in [-0.4, -0.2) is 36.1 Å². The van der Waals surface area contributed by atoms with Crippen LogP contribution in [-0.2, 0) is 12.7 Å². The van der Waals surface area contributed by atoms with E-state index in [0.717, 1.165) is 60.1 Å². The Bertz CT molecular complexity index is 1040. The molecule has 1 aliphatic rings. The van der Waals surface area contributed by atoms with Crippen molar-refractivity contribution in [2.75, 3.05) is 24.3 Å². The molecule has 8 heteroatoms. The first-order valence-electron chi connectivity index (χ1n) is 10.9. The minimum Gasteiger partial charge on any atom is -0.362 e. The standard InChI is InChI=1S/C24H28F3N5/c1-32(2)22-20-5-3-4-6-21(20)30-23(31-22)29-19-13-11-18(12-14-19)28-15-16-7-9-17(10-8-16)24(25,26)27/h3-10,18-19,28H,11-15H2,1-2H3,(H,29,30,31). The molecule has 1 aliphatic carbocycles. The first kappa shape index (κ1) is 22.3. The third kappa shape index (κ3) is 5.30. The number of alkyl halides is 3. The number of nitrogens with one attached hydrogen (secondary N) is 2. The van der Waals surface area contributed by atoms with Crippen LogP contribution in [0.15, 0.2) is 48.5 Å². The highest BCUT2D eigenvalue weighted by Gasteiger charge is 2.30. The zero-order valence-corrected chi connectivity index (χ0v) is 18.3. The number of benzene rings is 2. The van der Waals surface area contributed by atoms with E-state index in [0.29, 0.717) is 24.6 Å². The lowest BCUT2D eigenvalue weighted by Gasteiger charge is -2.30. The molecule has 0 atom stereocenters. The lowest BCUT2D eigenvalue weighted by Crippen LogP contribution is -2.37. The summed E-state index contributed by atoms with van der Waals surface area (Å²) in [6.07, 6.45) is -0.339. The van der Waals surface area contributed by atoms with Crippen molar-refractivity contribution in [3.8, 4) is 0 Å². The molecule has 2 N–H and O–H groups in total. The van der Waals surface area contributed by atoms with Gasteiger partial charge in [-0.05, 0) is 55.5 Å². The van der Waals surface area contributed by atoms with Crippen LogP contribution in [0.25, 0.3) is 10.9 Å². The molecule has 0 saturated heterocycles. The van der Waals surface area contributed by atoms with Gasteiger partial charge < -0.3 is 15.5 Å². The van der Waals surface area contributed by atoms with Gasteiger partial charge in [-0.2, -0.15) is 18.2 Å². The van der Waals surface area contributed by atoms with E-state index in [4.69, 9.17) is 4.98 Å². The maximum Gasteiger partial charge on any atom is 0.416 e. The van der Waals surface area contributed by atoms with Gasteiger partial charge in [-0.1, -0.05) is 24.3 Å². The highest BCUT2D eigenvalue weighted by molar-refractivity contribution is 5.90. The number of aromatic nitrogens is 2. The maximum absolute atomic E-state index is 12.7. The summed E-state index contributed by atoms with van der Waals surface area (Å²) >= 11 is 0. The van der Waals surface area contributed by atoms with Crippen LogP contribution in [0.2, 0.25) is 0 Å². The van der Waals surface area contributed by atoms with Crippen LogP contribution in [0.5, 0.6) is 0 Å². The minimum absolute atomic E-state index is 0.301. The molecular formula is C24H28F3N5. The Labute approximate surface area is 186 Å². The summed E-state index contributed by atoms with van der Waals surface area (Å²) in [5.74, 6) is 1.54. The summed E-state index contributed by atoms with van der Waals surface area (Å²) in [4.78, 5) is 11.4. The molecule has 4 rings (SSSR count). The van der Waals surface area contributed by atoms with Gasteiger partial charge in [-0.25, -0.2) is 4.98 Å². The quantitative estimate of drug-likeness (QED) is 0.547. The molecule has 5 nitrogen and oxygen atoms in total. The Morgan fingerprint density at radius 1 is 0.906 bits per heavy atom. The molecule has 0 unspecified atom stereocenters. The van der Waals surface area contributed by atoms with E-state index in [9.17, 15) is 13.2 Å². The minimum atomic E-state index is -4.29. The van der Waals surface area contributed by atoms with Gasteiger partial charge in [0.25, 0.3) is 0 Å². The van der Waals surface area contributed by atoms with Crippen molar-refractivity contribution in [3.05, 3.63) is 59.7 Å². The summed E-state index contributed by atoms with van der Waals surface area (Å²) in [6.45, 7) is 0.570. The van der Waals surface area contributed by atoms with Gasteiger partial charge in [0.1, 0.15) is 5.82 Å². The highest BCUT2D eigenvalue weighted by atomic mass is 19.4. The number of anilines is 2. The molecule has 0 amide bonds. The summed E-state index contributed by atoms with van der Waals surface area (Å²) in [6, 6.07) is 14.0. The second-order valence-corrected chi connectivity index (χ2v) is 8.55. The normalized spacial score (nSPS) is 19.2.